The van der Waals surface area contributed by atoms with Crippen molar-refractivity contribution in [3.63, 3.8) is 0 Å². The van der Waals surface area contributed by atoms with Crippen LogP contribution in [0.15, 0.2) is 36.4 Å². The van der Waals surface area contributed by atoms with E-state index >= 15 is 0 Å². The van der Waals surface area contributed by atoms with E-state index in [-0.39, 0.29) is 30.3 Å². The van der Waals surface area contributed by atoms with Gasteiger partial charge in [0.2, 0.25) is 5.91 Å². The van der Waals surface area contributed by atoms with Gasteiger partial charge in [0.1, 0.15) is 0 Å². The SMILES string of the molecule is CC(C)OC(=O)CC(NC(=O)C1CC=CCC1)c1ccccc1Cl. The van der Waals surface area contributed by atoms with E-state index in [9.17, 15) is 9.59 Å². The number of ether oxygens (including phenoxy) is 1. The Hall–Kier alpha value is -1.81. The normalized spacial score (nSPS) is 18.2. The molecule has 1 amide bonds. The van der Waals surface area contributed by atoms with Gasteiger partial charge in [0.15, 0.2) is 0 Å². The van der Waals surface area contributed by atoms with Gasteiger partial charge in [-0.2, -0.15) is 0 Å². The number of carbonyl (C=O) groups excluding carboxylic acids is 2. The molecule has 0 saturated heterocycles. The molecule has 1 aliphatic carbocycles. The number of benzene rings is 1. The van der Waals surface area contributed by atoms with E-state index in [4.69, 9.17) is 16.3 Å². The van der Waals surface area contributed by atoms with Crippen molar-refractivity contribution in [2.75, 3.05) is 0 Å². The van der Waals surface area contributed by atoms with Gasteiger partial charge in [-0.1, -0.05) is 42.0 Å². The van der Waals surface area contributed by atoms with E-state index in [1.54, 1.807) is 19.9 Å². The standard InChI is InChI=1S/C19H24ClNO3/c1-13(2)24-18(22)12-17(15-10-6-7-11-16(15)20)21-19(23)14-8-4-3-5-9-14/h3-4,6-7,10-11,13-14,17H,5,8-9,12H2,1-2H3,(H,21,23). The zero-order chi connectivity index (χ0) is 17.5. The molecule has 1 N–H and O–H groups in total. The van der Waals surface area contributed by atoms with E-state index in [1.165, 1.54) is 0 Å². The van der Waals surface area contributed by atoms with Crippen LogP contribution >= 0.6 is 11.6 Å². The first-order valence-corrected chi connectivity index (χ1v) is 8.74. The molecule has 0 radical (unpaired) electrons. The lowest BCUT2D eigenvalue weighted by molar-refractivity contribution is -0.148. The van der Waals surface area contributed by atoms with Crippen LogP contribution in [0.2, 0.25) is 5.02 Å². The quantitative estimate of drug-likeness (QED) is 0.618. The summed E-state index contributed by atoms with van der Waals surface area (Å²) >= 11 is 6.26. The number of rotatable bonds is 6. The molecule has 2 unspecified atom stereocenters. The highest BCUT2D eigenvalue weighted by molar-refractivity contribution is 6.31. The van der Waals surface area contributed by atoms with E-state index in [0.717, 1.165) is 24.8 Å². The number of amides is 1. The summed E-state index contributed by atoms with van der Waals surface area (Å²) in [7, 11) is 0. The molecule has 24 heavy (non-hydrogen) atoms. The second kappa shape index (κ2) is 8.88. The Morgan fingerprint density at radius 3 is 2.67 bits per heavy atom. The first kappa shape index (κ1) is 18.5. The van der Waals surface area contributed by atoms with Gasteiger partial charge in [0.25, 0.3) is 0 Å². The predicted molar refractivity (Wildman–Crippen MR) is 94.7 cm³/mol. The van der Waals surface area contributed by atoms with Crippen LogP contribution < -0.4 is 5.32 Å². The number of hydrogen-bond acceptors (Lipinski definition) is 3. The van der Waals surface area contributed by atoms with Gasteiger partial charge in [-0.05, 0) is 44.7 Å². The Morgan fingerprint density at radius 1 is 1.29 bits per heavy atom. The van der Waals surface area contributed by atoms with E-state index in [2.05, 4.69) is 11.4 Å². The van der Waals surface area contributed by atoms with Crippen molar-refractivity contribution in [2.24, 2.45) is 5.92 Å². The summed E-state index contributed by atoms with van der Waals surface area (Å²) in [5.74, 6) is -0.443. The summed E-state index contributed by atoms with van der Waals surface area (Å²) in [4.78, 5) is 24.6. The number of halogens is 1. The highest BCUT2D eigenvalue weighted by Gasteiger charge is 2.26. The summed E-state index contributed by atoms with van der Waals surface area (Å²) in [6, 6.07) is 6.77. The summed E-state index contributed by atoms with van der Waals surface area (Å²) in [6.07, 6.45) is 6.47. The number of carbonyl (C=O) groups is 2. The smallest absolute Gasteiger partial charge is 0.308 e. The minimum atomic E-state index is -0.483. The molecule has 0 fully saturated rings. The summed E-state index contributed by atoms with van der Waals surface area (Å²) in [5, 5.41) is 3.52. The number of esters is 1. The Balaban J connectivity index is 2.13. The van der Waals surface area contributed by atoms with Gasteiger partial charge in [0, 0.05) is 10.9 Å². The zero-order valence-electron chi connectivity index (χ0n) is 14.1. The fraction of sp³-hybridized carbons (Fsp3) is 0.474. The highest BCUT2D eigenvalue weighted by Crippen LogP contribution is 2.27. The summed E-state index contributed by atoms with van der Waals surface area (Å²) < 4.78 is 5.22. The van der Waals surface area contributed by atoms with Crippen LogP contribution in [0.25, 0.3) is 0 Å². The van der Waals surface area contributed by atoms with Crippen LogP contribution in [-0.2, 0) is 14.3 Å². The van der Waals surface area contributed by atoms with Crippen molar-refractivity contribution in [1.82, 2.24) is 5.32 Å². The molecule has 1 aromatic rings. The molecule has 4 nitrogen and oxygen atoms in total. The Bertz CT molecular complexity index is 612. The maximum Gasteiger partial charge on any atom is 0.308 e. The van der Waals surface area contributed by atoms with Gasteiger partial charge in [-0.3, -0.25) is 9.59 Å². The Labute approximate surface area is 148 Å². The summed E-state index contributed by atoms with van der Waals surface area (Å²) in [5.41, 5.74) is 0.736. The molecular weight excluding hydrogens is 326 g/mol. The maximum atomic E-state index is 12.6. The largest absolute Gasteiger partial charge is 0.463 e. The lowest BCUT2D eigenvalue weighted by Gasteiger charge is -2.24. The molecule has 0 heterocycles. The van der Waals surface area contributed by atoms with E-state index in [1.807, 2.05) is 24.3 Å². The summed E-state index contributed by atoms with van der Waals surface area (Å²) in [6.45, 7) is 3.60. The van der Waals surface area contributed by atoms with Crippen LogP contribution in [0.1, 0.15) is 51.1 Å². The van der Waals surface area contributed by atoms with Crippen LogP contribution in [-0.4, -0.2) is 18.0 Å². The number of nitrogens with one attached hydrogen (secondary N) is 1. The van der Waals surface area contributed by atoms with Gasteiger partial charge < -0.3 is 10.1 Å². The third-order valence-electron chi connectivity index (χ3n) is 3.97. The van der Waals surface area contributed by atoms with Crippen molar-refractivity contribution in [3.8, 4) is 0 Å². The molecule has 5 heteroatoms. The van der Waals surface area contributed by atoms with Crippen LogP contribution in [0.5, 0.6) is 0 Å². The molecule has 2 atom stereocenters. The van der Waals surface area contributed by atoms with E-state index in [0.29, 0.717) is 5.02 Å². The van der Waals surface area contributed by atoms with Crippen molar-refractivity contribution in [2.45, 2.75) is 51.7 Å². The topological polar surface area (TPSA) is 55.4 Å². The van der Waals surface area contributed by atoms with Crippen LogP contribution in [0.4, 0.5) is 0 Å². The Morgan fingerprint density at radius 2 is 2.04 bits per heavy atom. The monoisotopic (exact) mass is 349 g/mol. The van der Waals surface area contributed by atoms with Crippen molar-refractivity contribution in [1.29, 1.82) is 0 Å². The average molecular weight is 350 g/mol. The van der Waals surface area contributed by atoms with Crippen molar-refractivity contribution in [3.05, 3.63) is 47.0 Å². The second-order valence-corrected chi connectivity index (χ2v) is 6.71. The predicted octanol–water partition coefficient (Wildman–Crippen LogP) is 4.20. The molecule has 1 aromatic carbocycles. The maximum absolute atomic E-state index is 12.6. The second-order valence-electron chi connectivity index (χ2n) is 6.31. The number of allylic oxidation sites excluding steroid dienone is 2. The molecule has 1 aliphatic rings. The van der Waals surface area contributed by atoms with Crippen molar-refractivity contribution >= 4 is 23.5 Å². The Kier molecular flexibility index (Phi) is 6.85. The minimum absolute atomic E-state index is 0.0402. The van der Waals surface area contributed by atoms with Crippen LogP contribution in [0, 0.1) is 5.92 Å². The lowest BCUT2D eigenvalue weighted by Crippen LogP contribution is -2.36. The van der Waals surface area contributed by atoms with Gasteiger partial charge in [-0.25, -0.2) is 0 Å². The molecule has 0 saturated carbocycles. The third kappa shape index (κ3) is 5.38. The van der Waals surface area contributed by atoms with Crippen molar-refractivity contribution < 1.29 is 14.3 Å². The van der Waals surface area contributed by atoms with E-state index < -0.39 is 6.04 Å². The first-order valence-electron chi connectivity index (χ1n) is 8.36. The lowest BCUT2D eigenvalue weighted by atomic mass is 9.92. The minimum Gasteiger partial charge on any atom is -0.463 e. The highest BCUT2D eigenvalue weighted by atomic mass is 35.5. The fourth-order valence-corrected chi connectivity index (χ4v) is 3.06. The molecule has 0 aliphatic heterocycles. The molecule has 0 spiro atoms. The molecule has 0 aromatic heterocycles. The van der Waals surface area contributed by atoms with Gasteiger partial charge >= 0.3 is 5.97 Å². The molecular formula is C19H24ClNO3. The molecule has 2 rings (SSSR count). The molecule has 130 valence electrons. The molecule has 0 bridgehead atoms. The van der Waals surface area contributed by atoms with Crippen LogP contribution in [0.3, 0.4) is 0 Å². The van der Waals surface area contributed by atoms with Gasteiger partial charge in [-0.15, -0.1) is 0 Å². The van der Waals surface area contributed by atoms with Gasteiger partial charge in [0.05, 0.1) is 18.6 Å². The number of hydrogen-bond donors (Lipinski definition) is 1. The third-order valence-corrected chi connectivity index (χ3v) is 4.32. The zero-order valence-corrected chi connectivity index (χ0v) is 14.9. The fourth-order valence-electron chi connectivity index (χ4n) is 2.80. The first-order chi connectivity index (χ1) is 11.5. The average Bonchev–Trinajstić information content (AvgIpc) is 2.54.